The average Bonchev–Trinajstić information content (AvgIpc) is 2.31. The minimum absolute atomic E-state index is 0.0360. The lowest BCUT2D eigenvalue weighted by Crippen LogP contribution is -2.43. The number of nitrogens with zero attached hydrogens (tertiary/aromatic N) is 1. The van der Waals surface area contributed by atoms with Gasteiger partial charge in [-0.15, -0.1) is 0 Å². The summed E-state index contributed by atoms with van der Waals surface area (Å²) in [7, 11) is 0. The number of anilines is 1. The first-order valence-corrected chi connectivity index (χ1v) is 7.20. The highest BCUT2D eigenvalue weighted by atomic mass is 16.2. The highest BCUT2D eigenvalue weighted by Crippen LogP contribution is 2.18. The molecule has 1 aromatic rings. The smallest absolute Gasteiger partial charge is 0.315 e. The van der Waals surface area contributed by atoms with E-state index in [1.807, 2.05) is 39.8 Å². The predicted octanol–water partition coefficient (Wildman–Crippen LogP) is 2.36. The van der Waals surface area contributed by atoms with Crippen LogP contribution in [0.15, 0.2) is 18.2 Å². The Balaban J connectivity index is 2.66. The standard InChI is InChI=1S/C16H25N3O2/c1-11(2)18-16(21)17-6-7-19(14(5)20)15-9-12(3)8-13(4)10-15/h8-11H,6-7H2,1-5H3,(H2,17,18,21). The van der Waals surface area contributed by atoms with Crippen molar-refractivity contribution in [2.75, 3.05) is 18.0 Å². The molecule has 0 fully saturated rings. The quantitative estimate of drug-likeness (QED) is 0.875. The van der Waals surface area contributed by atoms with Crippen molar-refractivity contribution in [2.45, 2.75) is 40.7 Å². The lowest BCUT2D eigenvalue weighted by Gasteiger charge is -2.22. The van der Waals surface area contributed by atoms with Gasteiger partial charge in [-0.1, -0.05) is 6.07 Å². The Morgan fingerprint density at radius 1 is 1.14 bits per heavy atom. The molecule has 5 nitrogen and oxygen atoms in total. The largest absolute Gasteiger partial charge is 0.336 e. The van der Waals surface area contributed by atoms with Crippen LogP contribution >= 0.6 is 0 Å². The molecule has 0 heterocycles. The Labute approximate surface area is 126 Å². The molecule has 0 bridgehead atoms. The summed E-state index contributed by atoms with van der Waals surface area (Å²) in [5.41, 5.74) is 3.09. The van der Waals surface area contributed by atoms with Crippen molar-refractivity contribution < 1.29 is 9.59 Å². The molecular formula is C16H25N3O2. The van der Waals surface area contributed by atoms with Crippen LogP contribution in [0.25, 0.3) is 0 Å². The monoisotopic (exact) mass is 291 g/mol. The van der Waals surface area contributed by atoms with E-state index in [9.17, 15) is 9.59 Å². The van der Waals surface area contributed by atoms with Crippen molar-refractivity contribution in [2.24, 2.45) is 0 Å². The molecule has 0 aliphatic rings. The van der Waals surface area contributed by atoms with Gasteiger partial charge in [0, 0.05) is 31.7 Å². The van der Waals surface area contributed by atoms with E-state index in [4.69, 9.17) is 0 Å². The van der Waals surface area contributed by atoms with Gasteiger partial charge in [0.2, 0.25) is 5.91 Å². The maximum absolute atomic E-state index is 11.8. The van der Waals surface area contributed by atoms with Gasteiger partial charge < -0.3 is 15.5 Å². The molecular weight excluding hydrogens is 266 g/mol. The van der Waals surface area contributed by atoms with E-state index >= 15 is 0 Å². The Bertz CT molecular complexity index is 492. The number of hydrogen-bond acceptors (Lipinski definition) is 2. The van der Waals surface area contributed by atoms with Crippen molar-refractivity contribution >= 4 is 17.6 Å². The summed E-state index contributed by atoms with van der Waals surface area (Å²) in [5, 5.41) is 5.50. The Hall–Kier alpha value is -2.04. The molecule has 21 heavy (non-hydrogen) atoms. The number of hydrogen-bond donors (Lipinski definition) is 2. The summed E-state index contributed by atoms with van der Waals surface area (Å²) < 4.78 is 0. The molecule has 116 valence electrons. The first-order valence-electron chi connectivity index (χ1n) is 7.20. The zero-order chi connectivity index (χ0) is 16.0. The van der Waals surface area contributed by atoms with Crippen LogP contribution in [0.2, 0.25) is 0 Å². The molecule has 0 saturated heterocycles. The molecule has 1 rings (SSSR count). The number of benzene rings is 1. The Morgan fingerprint density at radius 3 is 2.19 bits per heavy atom. The van der Waals surface area contributed by atoms with Crippen molar-refractivity contribution in [1.29, 1.82) is 0 Å². The number of urea groups is 1. The molecule has 0 aliphatic carbocycles. The fourth-order valence-electron chi connectivity index (χ4n) is 2.17. The second kappa shape index (κ2) is 7.67. The van der Waals surface area contributed by atoms with E-state index < -0.39 is 0 Å². The first-order chi connectivity index (χ1) is 9.79. The Kier molecular flexibility index (Phi) is 6.21. The molecule has 0 aliphatic heterocycles. The number of amides is 3. The summed E-state index contributed by atoms with van der Waals surface area (Å²) in [6.45, 7) is 10.2. The number of aryl methyl sites for hydroxylation is 2. The molecule has 0 atom stereocenters. The van der Waals surface area contributed by atoms with E-state index in [1.54, 1.807) is 4.90 Å². The van der Waals surface area contributed by atoms with Crippen LogP contribution in [-0.4, -0.2) is 31.1 Å². The van der Waals surface area contributed by atoms with Crippen molar-refractivity contribution in [3.05, 3.63) is 29.3 Å². The summed E-state index contributed by atoms with van der Waals surface area (Å²) in [4.78, 5) is 25.0. The third-order valence-corrected chi connectivity index (χ3v) is 2.94. The SMILES string of the molecule is CC(=O)N(CCNC(=O)NC(C)C)c1cc(C)cc(C)c1. The van der Waals surface area contributed by atoms with Gasteiger partial charge in [0.25, 0.3) is 0 Å². The molecule has 3 amide bonds. The molecule has 0 unspecified atom stereocenters. The van der Waals surface area contributed by atoms with Crippen LogP contribution in [0, 0.1) is 13.8 Å². The topological polar surface area (TPSA) is 61.4 Å². The molecule has 2 N–H and O–H groups in total. The van der Waals surface area contributed by atoms with Gasteiger partial charge in [0.05, 0.1) is 0 Å². The fourth-order valence-corrected chi connectivity index (χ4v) is 2.17. The van der Waals surface area contributed by atoms with Gasteiger partial charge >= 0.3 is 6.03 Å². The van der Waals surface area contributed by atoms with E-state index in [0.717, 1.165) is 16.8 Å². The minimum Gasteiger partial charge on any atom is -0.336 e. The fraction of sp³-hybridized carbons (Fsp3) is 0.500. The molecule has 0 aromatic heterocycles. The maximum Gasteiger partial charge on any atom is 0.315 e. The lowest BCUT2D eigenvalue weighted by molar-refractivity contribution is -0.116. The number of carbonyl (C=O) groups excluding carboxylic acids is 2. The second-order valence-electron chi connectivity index (χ2n) is 5.57. The lowest BCUT2D eigenvalue weighted by atomic mass is 10.1. The average molecular weight is 291 g/mol. The van der Waals surface area contributed by atoms with Gasteiger partial charge in [-0.25, -0.2) is 4.79 Å². The predicted molar refractivity (Wildman–Crippen MR) is 85.6 cm³/mol. The number of nitrogens with one attached hydrogen (secondary N) is 2. The van der Waals surface area contributed by atoms with Crippen LogP contribution in [-0.2, 0) is 4.79 Å². The van der Waals surface area contributed by atoms with Gasteiger partial charge in [-0.05, 0) is 51.0 Å². The summed E-state index contributed by atoms with van der Waals surface area (Å²) >= 11 is 0. The van der Waals surface area contributed by atoms with Gasteiger partial charge in [-0.2, -0.15) is 0 Å². The van der Waals surface area contributed by atoms with E-state index in [2.05, 4.69) is 16.7 Å². The van der Waals surface area contributed by atoms with Crippen LogP contribution in [0.5, 0.6) is 0 Å². The highest BCUT2D eigenvalue weighted by Gasteiger charge is 2.12. The summed E-state index contributed by atoms with van der Waals surface area (Å²) in [6, 6.07) is 5.89. The third kappa shape index (κ3) is 5.85. The normalized spacial score (nSPS) is 10.4. The van der Waals surface area contributed by atoms with Crippen molar-refractivity contribution in [1.82, 2.24) is 10.6 Å². The van der Waals surface area contributed by atoms with Gasteiger partial charge in [0.1, 0.15) is 0 Å². The molecule has 5 heteroatoms. The van der Waals surface area contributed by atoms with Gasteiger partial charge in [0.15, 0.2) is 0 Å². The molecule has 0 spiro atoms. The van der Waals surface area contributed by atoms with Gasteiger partial charge in [-0.3, -0.25) is 4.79 Å². The van der Waals surface area contributed by atoms with Crippen LogP contribution in [0.4, 0.5) is 10.5 Å². The van der Waals surface area contributed by atoms with Crippen LogP contribution in [0.1, 0.15) is 31.9 Å². The third-order valence-electron chi connectivity index (χ3n) is 2.94. The summed E-state index contributed by atoms with van der Waals surface area (Å²) in [5.74, 6) is -0.0360. The van der Waals surface area contributed by atoms with E-state index in [0.29, 0.717) is 13.1 Å². The number of carbonyl (C=O) groups is 2. The Morgan fingerprint density at radius 2 is 1.71 bits per heavy atom. The zero-order valence-corrected chi connectivity index (χ0v) is 13.5. The van der Waals surface area contributed by atoms with E-state index in [-0.39, 0.29) is 18.0 Å². The molecule has 0 radical (unpaired) electrons. The highest BCUT2D eigenvalue weighted by molar-refractivity contribution is 5.91. The molecule has 1 aromatic carbocycles. The van der Waals surface area contributed by atoms with E-state index in [1.165, 1.54) is 6.92 Å². The maximum atomic E-state index is 11.8. The first kappa shape index (κ1) is 17.0. The summed E-state index contributed by atoms with van der Waals surface area (Å²) in [6.07, 6.45) is 0. The van der Waals surface area contributed by atoms with Crippen molar-refractivity contribution in [3.8, 4) is 0 Å². The van der Waals surface area contributed by atoms with Crippen LogP contribution in [0.3, 0.4) is 0 Å². The minimum atomic E-state index is -0.214. The number of rotatable bonds is 5. The van der Waals surface area contributed by atoms with Crippen molar-refractivity contribution in [3.63, 3.8) is 0 Å². The zero-order valence-electron chi connectivity index (χ0n) is 13.5. The second-order valence-corrected chi connectivity index (χ2v) is 5.57. The molecule has 0 saturated carbocycles. The van der Waals surface area contributed by atoms with Crippen LogP contribution < -0.4 is 15.5 Å².